The van der Waals surface area contributed by atoms with Crippen LogP contribution in [0.4, 0.5) is 0 Å². The minimum atomic E-state index is 0.134. The average Bonchev–Trinajstić information content (AvgIpc) is 2.56. The number of nitrogens with one attached hydrogen (secondary N) is 1. The Morgan fingerprint density at radius 1 is 1.33 bits per heavy atom. The van der Waals surface area contributed by atoms with Gasteiger partial charge in [0, 0.05) is 29.7 Å². The number of pyridine rings is 1. The van der Waals surface area contributed by atoms with Crippen LogP contribution in [-0.2, 0) is 0 Å². The van der Waals surface area contributed by atoms with E-state index >= 15 is 0 Å². The van der Waals surface area contributed by atoms with E-state index in [2.05, 4.69) is 17.2 Å². The molecule has 1 aromatic heterocycles. The molecule has 0 aliphatic carbocycles. The number of hydrogen-bond donors (Lipinski definition) is 1. The Hall–Kier alpha value is -1.94. The van der Waals surface area contributed by atoms with Crippen LogP contribution in [0.3, 0.4) is 0 Å². The van der Waals surface area contributed by atoms with Gasteiger partial charge in [-0.3, -0.25) is 9.78 Å². The molecule has 0 radical (unpaired) electrons. The van der Waals surface area contributed by atoms with Gasteiger partial charge in [-0.1, -0.05) is 6.07 Å². The molecule has 1 aliphatic heterocycles. The number of amides is 1. The van der Waals surface area contributed by atoms with Crippen molar-refractivity contribution in [2.75, 3.05) is 19.6 Å². The van der Waals surface area contributed by atoms with Crippen LogP contribution in [0.25, 0.3) is 10.9 Å². The van der Waals surface area contributed by atoms with Crippen molar-refractivity contribution in [1.82, 2.24) is 15.2 Å². The third kappa shape index (κ3) is 2.90. The number of carbonyl (C=O) groups excluding carboxylic acids is 1. The van der Waals surface area contributed by atoms with Crippen molar-refractivity contribution in [1.29, 1.82) is 0 Å². The van der Waals surface area contributed by atoms with Gasteiger partial charge in [-0.15, -0.1) is 0 Å². The molecule has 2 aromatic rings. The summed E-state index contributed by atoms with van der Waals surface area (Å²) in [6.45, 7) is 4.81. The van der Waals surface area contributed by atoms with Crippen molar-refractivity contribution >= 4 is 16.8 Å². The van der Waals surface area contributed by atoms with Crippen molar-refractivity contribution in [2.45, 2.75) is 25.8 Å². The van der Waals surface area contributed by atoms with E-state index in [1.54, 1.807) is 6.20 Å². The van der Waals surface area contributed by atoms with Gasteiger partial charge in [-0.05, 0) is 57.1 Å². The summed E-state index contributed by atoms with van der Waals surface area (Å²) in [4.78, 5) is 19.1. The van der Waals surface area contributed by atoms with Gasteiger partial charge in [-0.25, -0.2) is 0 Å². The molecule has 110 valence electrons. The van der Waals surface area contributed by atoms with Crippen LogP contribution in [0.5, 0.6) is 0 Å². The summed E-state index contributed by atoms with van der Waals surface area (Å²) < 4.78 is 0. The minimum Gasteiger partial charge on any atom is -0.336 e. The van der Waals surface area contributed by atoms with Crippen LogP contribution >= 0.6 is 0 Å². The highest BCUT2D eigenvalue weighted by Crippen LogP contribution is 2.18. The molecule has 1 aromatic carbocycles. The Kier molecular flexibility index (Phi) is 4.15. The Balaban J connectivity index is 1.86. The molecule has 0 bridgehead atoms. The lowest BCUT2D eigenvalue weighted by Gasteiger charge is -2.34. The van der Waals surface area contributed by atoms with Gasteiger partial charge in [0.25, 0.3) is 5.91 Å². The number of fused-ring (bicyclic) bond motifs is 1. The van der Waals surface area contributed by atoms with Crippen LogP contribution in [0, 0.1) is 0 Å². The Morgan fingerprint density at radius 3 is 2.90 bits per heavy atom. The first-order chi connectivity index (χ1) is 10.3. The van der Waals surface area contributed by atoms with Gasteiger partial charge >= 0.3 is 0 Å². The maximum atomic E-state index is 12.8. The summed E-state index contributed by atoms with van der Waals surface area (Å²) in [6.07, 6.45) is 3.85. The first-order valence-electron chi connectivity index (χ1n) is 7.66. The van der Waals surface area contributed by atoms with Crippen LogP contribution in [0.2, 0.25) is 0 Å². The molecule has 2 heterocycles. The molecular formula is C17H21N3O. The van der Waals surface area contributed by atoms with E-state index in [9.17, 15) is 4.79 Å². The SMILES string of the molecule is CCN(C(=O)c1ccc2ncccc2c1)C1CCNCC1. The number of piperidine rings is 1. The number of aromatic nitrogens is 1. The normalized spacial score (nSPS) is 16.0. The fourth-order valence-electron chi connectivity index (χ4n) is 3.06. The van der Waals surface area contributed by atoms with Crippen molar-refractivity contribution in [3.63, 3.8) is 0 Å². The molecule has 0 saturated carbocycles. The number of hydrogen-bond acceptors (Lipinski definition) is 3. The summed E-state index contributed by atoms with van der Waals surface area (Å²) in [6, 6.07) is 10.0. The van der Waals surface area contributed by atoms with Crippen molar-refractivity contribution in [3.05, 3.63) is 42.1 Å². The molecule has 1 aliphatic rings. The van der Waals surface area contributed by atoms with E-state index in [-0.39, 0.29) is 5.91 Å². The third-order valence-corrected chi connectivity index (χ3v) is 4.20. The molecule has 1 saturated heterocycles. The number of benzene rings is 1. The first kappa shape index (κ1) is 14.0. The van der Waals surface area contributed by atoms with Gasteiger partial charge in [0.15, 0.2) is 0 Å². The fourth-order valence-corrected chi connectivity index (χ4v) is 3.06. The molecule has 21 heavy (non-hydrogen) atoms. The molecule has 4 heteroatoms. The number of rotatable bonds is 3. The van der Waals surface area contributed by atoms with E-state index in [0.717, 1.165) is 48.9 Å². The predicted molar refractivity (Wildman–Crippen MR) is 84.3 cm³/mol. The molecule has 1 fully saturated rings. The molecular weight excluding hydrogens is 262 g/mol. The highest BCUT2D eigenvalue weighted by Gasteiger charge is 2.24. The Bertz CT molecular complexity index is 635. The third-order valence-electron chi connectivity index (χ3n) is 4.20. The maximum absolute atomic E-state index is 12.8. The van der Waals surface area contributed by atoms with Crippen molar-refractivity contribution in [3.8, 4) is 0 Å². The van der Waals surface area contributed by atoms with Crippen molar-refractivity contribution < 1.29 is 4.79 Å². The average molecular weight is 283 g/mol. The molecule has 1 amide bonds. The lowest BCUT2D eigenvalue weighted by molar-refractivity contribution is 0.0656. The van der Waals surface area contributed by atoms with Crippen molar-refractivity contribution in [2.24, 2.45) is 0 Å². The van der Waals surface area contributed by atoms with Crippen LogP contribution in [0.1, 0.15) is 30.1 Å². The largest absolute Gasteiger partial charge is 0.336 e. The molecule has 0 atom stereocenters. The standard InChI is InChI=1S/C17H21N3O/c1-2-20(15-7-10-18-11-8-15)17(21)14-5-6-16-13(12-14)4-3-9-19-16/h3-6,9,12,15,18H,2,7-8,10-11H2,1H3. The van der Waals surface area contributed by atoms with Gasteiger partial charge in [-0.2, -0.15) is 0 Å². The Labute approximate surface area is 125 Å². The molecule has 0 unspecified atom stereocenters. The quantitative estimate of drug-likeness (QED) is 0.941. The monoisotopic (exact) mass is 283 g/mol. The smallest absolute Gasteiger partial charge is 0.254 e. The first-order valence-corrected chi connectivity index (χ1v) is 7.66. The van der Waals surface area contributed by atoms with Crippen LogP contribution < -0.4 is 5.32 Å². The van der Waals surface area contributed by atoms with E-state index in [0.29, 0.717) is 6.04 Å². The van der Waals surface area contributed by atoms with Gasteiger partial charge in [0.2, 0.25) is 0 Å². The summed E-state index contributed by atoms with van der Waals surface area (Å²) in [5, 5.41) is 4.37. The molecule has 1 N–H and O–H groups in total. The zero-order chi connectivity index (χ0) is 14.7. The van der Waals surface area contributed by atoms with E-state index in [4.69, 9.17) is 0 Å². The highest BCUT2D eigenvalue weighted by molar-refractivity contribution is 5.98. The Morgan fingerprint density at radius 2 is 2.14 bits per heavy atom. The van der Waals surface area contributed by atoms with Gasteiger partial charge in [0.05, 0.1) is 5.52 Å². The summed E-state index contributed by atoms with van der Waals surface area (Å²) >= 11 is 0. The van der Waals surface area contributed by atoms with E-state index in [1.807, 2.05) is 35.2 Å². The van der Waals surface area contributed by atoms with Gasteiger partial charge in [0.1, 0.15) is 0 Å². The molecule has 4 nitrogen and oxygen atoms in total. The van der Waals surface area contributed by atoms with Crippen LogP contribution in [0.15, 0.2) is 36.5 Å². The van der Waals surface area contributed by atoms with Crippen LogP contribution in [-0.4, -0.2) is 41.5 Å². The summed E-state index contributed by atoms with van der Waals surface area (Å²) in [7, 11) is 0. The van der Waals surface area contributed by atoms with E-state index in [1.165, 1.54) is 0 Å². The highest BCUT2D eigenvalue weighted by atomic mass is 16.2. The summed E-state index contributed by atoms with van der Waals surface area (Å²) in [5.74, 6) is 0.134. The maximum Gasteiger partial charge on any atom is 0.254 e. The number of carbonyl (C=O) groups is 1. The predicted octanol–water partition coefficient (Wildman–Crippen LogP) is 2.45. The number of nitrogens with zero attached hydrogens (tertiary/aromatic N) is 2. The summed E-state index contributed by atoms with van der Waals surface area (Å²) in [5.41, 5.74) is 1.69. The zero-order valence-electron chi connectivity index (χ0n) is 12.4. The minimum absolute atomic E-state index is 0.134. The fraction of sp³-hybridized carbons (Fsp3) is 0.412. The second-order valence-corrected chi connectivity index (χ2v) is 5.48. The lowest BCUT2D eigenvalue weighted by Crippen LogP contribution is -2.46. The van der Waals surface area contributed by atoms with E-state index < -0.39 is 0 Å². The topological polar surface area (TPSA) is 45.2 Å². The second-order valence-electron chi connectivity index (χ2n) is 5.48. The molecule has 0 spiro atoms. The molecule has 3 rings (SSSR count). The van der Waals surface area contributed by atoms with Gasteiger partial charge < -0.3 is 10.2 Å². The lowest BCUT2D eigenvalue weighted by atomic mass is 10.0. The second kappa shape index (κ2) is 6.22. The zero-order valence-corrected chi connectivity index (χ0v) is 12.4.